The molecule has 0 saturated heterocycles. The lowest BCUT2D eigenvalue weighted by molar-refractivity contribution is -0.167. The highest BCUT2D eigenvalue weighted by Crippen LogP contribution is 2.16. The topological polar surface area (TPSA) is 70.5 Å². The molecule has 0 amide bonds. The van der Waals surface area contributed by atoms with Gasteiger partial charge in [-0.2, -0.15) is 18.0 Å². The number of rotatable bonds is 2. The zero-order valence-corrected chi connectivity index (χ0v) is 5.84. The van der Waals surface area contributed by atoms with Crippen molar-refractivity contribution in [1.82, 2.24) is 0 Å². The predicted octanol–water partition coefficient (Wildman–Crippen LogP) is 0.378. The highest BCUT2D eigenvalue weighted by Gasteiger charge is 2.48. The Morgan fingerprint density at radius 1 is 1.33 bits per heavy atom. The summed E-state index contributed by atoms with van der Waals surface area (Å²) in [5.74, 6) is -3.68. The normalized spacial score (nSPS) is 10.3. The van der Waals surface area contributed by atoms with Crippen LogP contribution >= 0.6 is 0 Å². The average molecular weight is 180 g/mol. The number of alkyl halides is 3. The molecule has 0 aliphatic heterocycles. The van der Waals surface area contributed by atoms with Crippen molar-refractivity contribution in [3.05, 3.63) is 5.53 Å². The molecule has 7 heteroatoms. The van der Waals surface area contributed by atoms with Crippen molar-refractivity contribution in [2.75, 3.05) is 0 Å². The molecule has 4 nitrogen and oxygen atoms in total. The van der Waals surface area contributed by atoms with Crippen LogP contribution in [0.4, 0.5) is 13.2 Å². The molecule has 66 valence electrons. The van der Waals surface area contributed by atoms with Crippen LogP contribution in [0, 0.1) is 0 Å². The van der Waals surface area contributed by atoms with Crippen LogP contribution in [0.15, 0.2) is 0 Å². The second-order valence-electron chi connectivity index (χ2n) is 1.83. The van der Waals surface area contributed by atoms with Crippen molar-refractivity contribution >= 4 is 17.3 Å². The van der Waals surface area contributed by atoms with Crippen molar-refractivity contribution < 1.29 is 27.6 Å². The van der Waals surface area contributed by atoms with E-state index in [4.69, 9.17) is 5.53 Å². The van der Waals surface area contributed by atoms with Gasteiger partial charge < -0.3 is 5.53 Å². The monoisotopic (exact) mass is 180 g/mol. The van der Waals surface area contributed by atoms with E-state index in [0.717, 1.165) is 0 Å². The van der Waals surface area contributed by atoms with Gasteiger partial charge in [-0.15, -0.1) is 0 Å². The molecule has 0 rings (SSSR count). The van der Waals surface area contributed by atoms with Gasteiger partial charge in [0.25, 0.3) is 0 Å². The molecule has 0 atom stereocenters. The van der Waals surface area contributed by atoms with Gasteiger partial charge in [-0.25, -0.2) is 0 Å². The summed E-state index contributed by atoms with van der Waals surface area (Å²) in [6.07, 6.45) is -5.19. The zero-order chi connectivity index (χ0) is 9.94. The first kappa shape index (κ1) is 10.5. The summed E-state index contributed by atoms with van der Waals surface area (Å²) in [7, 11) is 0. The SMILES string of the molecule is CC(=O)C(=[N+]=[N-])C(=O)C(F)(F)F. The Balaban J connectivity index is 4.95. The molecule has 0 fully saturated rings. The number of nitrogens with zero attached hydrogens (tertiary/aromatic N) is 2. The summed E-state index contributed by atoms with van der Waals surface area (Å²) < 4.78 is 34.7. The van der Waals surface area contributed by atoms with Gasteiger partial charge in [0, 0.05) is 6.92 Å². The highest BCUT2D eigenvalue weighted by molar-refractivity contribution is 6.64. The lowest BCUT2D eigenvalue weighted by Crippen LogP contribution is -2.35. The molecule has 12 heavy (non-hydrogen) atoms. The largest absolute Gasteiger partial charge is 0.462 e. The van der Waals surface area contributed by atoms with Crippen molar-refractivity contribution in [3.63, 3.8) is 0 Å². The van der Waals surface area contributed by atoms with Crippen LogP contribution in [0.5, 0.6) is 0 Å². The Bertz CT molecular complexity index is 275. The van der Waals surface area contributed by atoms with Gasteiger partial charge in [0.15, 0.2) is 0 Å². The van der Waals surface area contributed by atoms with Crippen molar-refractivity contribution in [3.8, 4) is 0 Å². The maximum absolute atomic E-state index is 11.6. The summed E-state index contributed by atoms with van der Waals surface area (Å²) in [5, 5.41) is 0. The lowest BCUT2D eigenvalue weighted by Gasteiger charge is -1.97. The van der Waals surface area contributed by atoms with Crippen LogP contribution in [0.2, 0.25) is 0 Å². The molecule has 0 aliphatic carbocycles. The fourth-order valence-electron chi connectivity index (χ4n) is 0.410. The number of halogens is 3. The van der Waals surface area contributed by atoms with E-state index in [2.05, 4.69) is 0 Å². The summed E-state index contributed by atoms with van der Waals surface area (Å²) in [5.41, 5.74) is 6.36. The first-order chi connectivity index (χ1) is 5.30. The van der Waals surface area contributed by atoms with Gasteiger partial charge in [-0.3, -0.25) is 9.59 Å². The second kappa shape index (κ2) is 3.27. The Kier molecular flexibility index (Phi) is 2.87. The predicted molar refractivity (Wildman–Crippen MR) is 30.4 cm³/mol. The zero-order valence-electron chi connectivity index (χ0n) is 5.84. The van der Waals surface area contributed by atoms with Crippen LogP contribution in [0.25, 0.3) is 5.53 Å². The third-order valence-corrected chi connectivity index (χ3v) is 0.906. The highest BCUT2D eigenvalue weighted by atomic mass is 19.4. The lowest BCUT2D eigenvalue weighted by atomic mass is 10.2. The van der Waals surface area contributed by atoms with Crippen molar-refractivity contribution in [2.24, 2.45) is 0 Å². The van der Waals surface area contributed by atoms with Gasteiger partial charge in [0.05, 0.1) is 0 Å². The van der Waals surface area contributed by atoms with Crippen LogP contribution < -0.4 is 0 Å². The first-order valence-corrected chi connectivity index (χ1v) is 2.65. The van der Waals surface area contributed by atoms with E-state index in [1.807, 2.05) is 4.79 Å². The molecule has 0 aliphatic rings. The molecule has 0 bridgehead atoms. The molecular weight excluding hydrogens is 177 g/mol. The number of carbonyl (C=O) groups is 2. The van der Waals surface area contributed by atoms with E-state index in [9.17, 15) is 22.8 Å². The molecule has 0 radical (unpaired) electrons. The number of ketones is 2. The fourth-order valence-corrected chi connectivity index (χ4v) is 0.410. The minimum absolute atomic E-state index is 0.693. The maximum atomic E-state index is 11.6. The smallest absolute Gasteiger partial charge is 0.360 e. The molecule has 0 aromatic carbocycles. The third-order valence-electron chi connectivity index (χ3n) is 0.906. The minimum Gasteiger partial charge on any atom is -0.360 e. The molecule has 0 aromatic rings. The van der Waals surface area contributed by atoms with E-state index >= 15 is 0 Å². The number of carbonyl (C=O) groups excluding carboxylic acids is 2. The summed E-state index contributed by atoms with van der Waals surface area (Å²) in [6.45, 7) is 0.693. The van der Waals surface area contributed by atoms with E-state index in [0.29, 0.717) is 6.92 Å². The summed E-state index contributed by atoms with van der Waals surface area (Å²) in [4.78, 5) is 22.4. The molecule has 0 unspecified atom stereocenters. The van der Waals surface area contributed by atoms with E-state index < -0.39 is 23.5 Å². The molecular formula is C5H3F3N2O2. The molecule has 0 N–H and O–H groups in total. The van der Waals surface area contributed by atoms with Crippen molar-refractivity contribution in [2.45, 2.75) is 13.1 Å². The van der Waals surface area contributed by atoms with Crippen LogP contribution in [-0.2, 0) is 9.59 Å². The van der Waals surface area contributed by atoms with Crippen LogP contribution in [0.1, 0.15) is 6.92 Å². The molecule has 0 aromatic heterocycles. The van der Waals surface area contributed by atoms with E-state index in [1.54, 1.807) is 0 Å². The Labute approximate surface area is 64.6 Å². The van der Waals surface area contributed by atoms with Gasteiger partial charge in [-0.1, -0.05) is 0 Å². The Hall–Kier alpha value is -1.49. The fraction of sp³-hybridized carbons (Fsp3) is 0.400. The van der Waals surface area contributed by atoms with E-state index in [-0.39, 0.29) is 0 Å². The summed E-state index contributed by atoms with van der Waals surface area (Å²) >= 11 is 0. The Morgan fingerprint density at radius 2 is 1.75 bits per heavy atom. The van der Waals surface area contributed by atoms with E-state index in [1.165, 1.54) is 0 Å². The van der Waals surface area contributed by atoms with Gasteiger partial charge >= 0.3 is 17.7 Å². The quantitative estimate of drug-likeness (QED) is 0.266. The number of hydrogen-bond donors (Lipinski definition) is 0. The first-order valence-electron chi connectivity index (χ1n) is 2.65. The van der Waals surface area contributed by atoms with Gasteiger partial charge in [0.2, 0.25) is 5.78 Å². The van der Waals surface area contributed by atoms with Crippen LogP contribution in [0.3, 0.4) is 0 Å². The molecule has 0 heterocycles. The maximum Gasteiger partial charge on any atom is 0.462 e. The van der Waals surface area contributed by atoms with Crippen molar-refractivity contribution in [1.29, 1.82) is 0 Å². The molecule has 0 saturated carbocycles. The number of Topliss-reactive ketones (excluding diaryl/α,β-unsaturated/α-hetero) is 2. The third kappa shape index (κ3) is 2.28. The molecule has 0 spiro atoms. The van der Waals surface area contributed by atoms with Crippen LogP contribution in [-0.4, -0.2) is 28.2 Å². The number of hydrogen-bond acceptors (Lipinski definition) is 2. The Morgan fingerprint density at radius 3 is 1.83 bits per heavy atom. The second-order valence-corrected chi connectivity index (χ2v) is 1.83. The average Bonchev–Trinajstić information content (AvgIpc) is 1.86. The minimum atomic E-state index is -5.19. The van der Waals surface area contributed by atoms with Gasteiger partial charge in [-0.05, 0) is 0 Å². The van der Waals surface area contributed by atoms with Gasteiger partial charge in [0.1, 0.15) is 0 Å². The standard InChI is InChI=1S/C5H3F3N2O2/c1-2(11)3(10-9)4(12)5(6,7)8/h1H3. The summed E-state index contributed by atoms with van der Waals surface area (Å²) in [6, 6.07) is 0.